The van der Waals surface area contributed by atoms with Crippen LogP contribution in [0.5, 0.6) is 0 Å². The van der Waals surface area contributed by atoms with Gasteiger partial charge in [0.05, 0.1) is 11.2 Å². The van der Waals surface area contributed by atoms with Gasteiger partial charge in [-0.25, -0.2) is 9.59 Å². The fraction of sp³-hybridized carbons (Fsp3) is 0.571. The van der Waals surface area contributed by atoms with E-state index in [-0.39, 0.29) is 23.9 Å². The Bertz CT molecular complexity index is 791. The normalized spacial score (nSPS) is 31.8. The lowest BCUT2D eigenvalue weighted by Crippen LogP contribution is -2.33. The lowest BCUT2D eigenvalue weighted by atomic mass is 9.87. The number of carbonyl (C=O) groups excluding carboxylic acids is 3. The van der Waals surface area contributed by atoms with Crippen LogP contribution in [0.4, 0.5) is 0 Å². The predicted octanol–water partition coefficient (Wildman–Crippen LogP) is 2.55. The third kappa shape index (κ3) is 4.04. The second kappa shape index (κ2) is 7.54. The SMILES string of the molecule is C=C(C)C(=O)OC1CC(C)=CCCC2(C)OC2C2OC(=O)C(COC(C)=O)=C12. The van der Waals surface area contributed by atoms with Gasteiger partial charge in [0.15, 0.2) is 6.10 Å². The zero-order valence-corrected chi connectivity index (χ0v) is 16.7. The van der Waals surface area contributed by atoms with Crippen molar-refractivity contribution in [2.45, 2.75) is 70.9 Å². The molecule has 0 radical (unpaired) electrons. The number of esters is 3. The first-order chi connectivity index (χ1) is 13.1. The quantitative estimate of drug-likeness (QED) is 0.239. The van der Waals surface area contributed by atoms with Gasteiger partial charge < -0.3 is 18.9 Å². The van der Waals surface area contributed by atoms with Crippen LogP contribution in [0.25, 0.3) is 0 Å². The maximum Gasteiger partial charge on any atom is 0.338 e. The lowest BCUT2D eigenvalue weighted by molar-refractivity contribution is -0.143. The van der Waals surface area contributed by atoms with E-state index < -0.39 is 35.7 Å². The van der Waals surface area contributed by atoms with E-state index in [0.717, 1.165) is 18.4 Å². The highest BCUT2D eigenvalue weighted by atomic mass is 16.6. The molecule has 7 nitrogen and oxygen atoms in total. The molecule has 1 fully saturated rings. The molecule has 0 N–H and O–H groups in total. The van der Waals surface area contributed by atoms with Crippen molar-refractivity contribution in [2.24, 2.45) is 0 Å². The van der Waals surface area contributed by atoms with Crippen molar-refractivity contribution in [1.29, 1.82) is 0 Å². The van der Waals surface area contributed by atoms with E-state index in [1.54, 1.807) is 6.92 Å². The number of carbonyl (C=O) groups is 3. The first kappa shape index (κ1) is 20.3. The van der Waals surface area contributed by atoms with Gasteiger partial charge in [-0.1, -0.05) is 18.2 Å². The van der Waals surface area contributed by atoms with Gasteiger partial charge in [-0.05, 0) is 33.6 Å². The van der Waals surface area contributed by atoms with E-state index in [9.17, 15) is 14.4 Å². The number of ether oxygens (including phenoxy) is 4. The summed E-state index contributed by atoms with van der Waals surface area (Å²) >= 11 is 0. The molecule has 152 valence electrons. The fourth-order valence-corrected chi connectivity index (χ4v) is 3.72. The molecule has 0 aromatic rings. The van der Waals surface area contributed by atoms with E-state index in [1.165, 1.54) is 6.92 Å². The highest BCUT2D eigenvalue weighted by molar-refractivity contribution is 5.94. The van der Waals surface area contributed by atoms with Crippen LogP contribution in [0, 0.1) is 0 Å². The third-order valence-electron chi connectivity index (χ3n) is 5.36. The molecule has 4 atom stereocenters. The number of epoxide rings is 1. The Kier molecular flexibility index (Phi) is 5.48. The van der Waals surface area contributed by atoms with Gasteiger partial charge >= 0.3 is 17.9 Å². The monoisotopic (exact) mass is 390 g/mol. The van der Waals surface area contributed by atoms with E-state index in [4.69, 9.17) is 18.9 Å². The van der Waals surface area contributed by atoms with Crippen LogP contribution in [0.15, 0.2) is 34.9 Å². The minimum Gasteiger partial charge on any atom is -0.461 e. The zero-order chi connectivity index (χ0) is 20.6. The molecule has 0 saturated carbocycles. The highest BCUT2D eigenvalue weighted by Gasteiger charge is 2.61. The van der Waals surface area contributed by atoms with Crippen LogP contribution >= 0.6 is 0 Å². The molecule has 7 heteroatoms. The van der Waals surface area contributed by atoms with Crippen molar-refractivity contribution >= 4 is 17.9 Å². The molecule has 0 aromatic heterocycles. The number of rotatable bonds is 4. The standard InChI is InChI=1S/C21H26O7/c1-11(2)19(23)26-15-9-12(3)7-6-8-21(5)18(28-21)17-16(15)14(20(24)27-17)10-25-13(4)22/h7,15,17-18H,1,6,8-10H2,2-5H3. The lowest BCUT2D eigenvalue weighted by Gasteiger charge is -2.25. The Morgan fingerprint density at radius 1 is 1.36 bits per heavy atom. The van der Waals surface area contributed by atoms with Crippen molar-refractivity contribution in [3.63, 3.8) is 0 Å². The average Bonchev–Trinajstić information content (AvgIpc) is 3.15. The Morgan fingerprint density at radius 2 is 2.07 bits per heavy atom. The average molecular weight is 390 g/mol. The number of hydrogen-bond donors (Lipinski definition) is 0. The summed E-state index contributed by atoms with van der Waals surface area (Å²) in [5.74, 6) is -1.63. The second-order valence-corrected chi connectivity index (χ2v) is 7.86. The molecule has 0 spiro atoms. The molecular formula is C21H26O7. The number of hydrogen-bond acceptors (Lipinski definition) is 7. The van der Waals surface area contributed by atoms with Gasteiger partial charge in [0.2, 0.25) is 0 Å². The summed E-state index contributed by atoms with van der Waals surface area (Å²) in [4.78, 5) is 36.1. The minimum absolute atomic E-state index is 0.214. The molecule has 1 aliphatic carbocycles. The van der Waals surface area contributed by atoms with E-state index in [2.05, 4.69) is 12.7 Å². The summed E-state index contributed by atoms with van der Waals surface area (Å²) < 4.78 is 22.3. The second-order valence-electron chi connectivity index (χ2n) is 7.86. The van der Waals surface area contributed by atoms with Crippen LogP contribution < -0.4 is 0 Å². The van der Waals surface area contributed by atoms with Gasteiger partial charge in [0, 0.05) is 24.5 Å². The molecule has 0 amide bonds. The third-order valence-corrected chi connectivity index (χ3v) is 5.36. The van der Waals surface area contributed by atoms with Crippen molar-refractivity contribution in [3.8, 4) is 0 Å². The van der Waals surface area contributed by atoms with E-state index >= 15 is 0 Å². The maximum atomic E-state index is 12.6. The number of fused-ring (bicyclic) bond motifs is 3. The minimum atomic E-state index is -0.728. The van der Waals surface area contributed by atoms with Gasteiger partial charge in [0.25, 0.3) is 0 Å². The Balaban J connectivity index is 2.04. The molecule has 4 unspecified atom stereocenters. The van der Waals surface area contributed by atoms with Gasteiger partial charge in [-0.15, -0.1) is 0 Å². The van der Waals surface area contributed by atoms with Crippen molar-refractivity contribution in [3.05, 3.63) is 34.9 Å². The molecule has 3 aliphatic rings. The fourth-order valence-electron chi connectivity index (χ4n) is 3.72. The van der Waals surface area contributed by atoms with Gasteiger partial charge in [-0.3, -0.25) is 4.79 Å². The topological polar surface area (TPSA) is 91.4 Å². The summed E-state index contributed by atoms with van der Waals surface area (Å²) in [6, 6.07) is 0. The van der Waals surface area contributed by atoms with Gasteiger partial charge in [-0.2, -0.15) is 0 Å². The summed E-state index contributed by atoms with van der Waals surface area (Å²) in [6.45, 7) is 10.2. The molecule has 2 heterocycles. The molecule has 0 bridgehead atoms. The summed E-state index contributed by atoms with van der Waals surface area (Å²) in [5.41, 5.74) is 1.61. The zero-order valence-electron chi connectivity index (χ0n) is 16.7. The summed E-state index contributed by atoms with van der Waals surface area (Å²) in [6.07, 6.45) is 2.40. The molecular weight excluding hydrogens is 364 g/mol. The molecule has 3 rings (SSSR count). The molecule has 28 heavy (non-hydrogen) atoms. The summed E-state index contributed by atoms with van der Waals surface area (Å²) in [5, 5.41) is 0. The first-order valence-corrected chi connectivity index (χ1v) is 9.39. The van der Waals surface area contributed by atoms with Gasteiger partial charge in [0.1, 0.15) is 18.8 Å². The van der Waals surface area contributed by atoms with Crippen LogP contribution in [0.1, 0.15) is 47.0 Å². The van der Waals surface area contributed by atoms with Crippen molar-refractivity contribution in [1.82, 2.24) is 0 Å². The Labute approximate surface area is 164 Å². The Hall–Kier alpha value is -2.41. The van der Waals surface area contributed by atoms with Crippen molar-refractivity contribution in [2.75, 3.05) is 6.61 Å². The predicted molar refractivity (Wildman–Crippen MR) is 99.1 cm³/mol. The van der Waals surface area contributed by atoms with Crippen LogP contribution in [0.2, 0.25) is 0 Å². The smallest absolute Gasteiger partial charge is 0.338 e. The molecule has 0 aromatic carbocycles. The Morgan fingerprint density at radius 3 is 2.71 bits per heavy atom. The van der Waals surface area contributed by atoms with Crippen LogP contribution in [-0.2, 0) is 33.3 Å². The maximum absolute atomic E-state index is 12.6. The highest BCUT2D eigenvalue weighted by Crippen LogP contribution is 2.49. The van der Waals surface area contributed by atoms with E-state index in [0.29, 0.717) is 12.0 Å². The van der Waals surface area contributed by atoms with Crippen LogP contribution in [-0.4, -0.2) is 48.4 Å². The first-order valence-electron chi connectivity index (χ1n) is 9.39. The summed E-state index contributed by atoms with van der Waals surface area (Å²) in [7, 11) is 0. The molecule has 1 saturated heterocycles. The molecule has 2 aliphatic heterocycles. The van der Waals surface area contributed by atoms with Crippen molar-refractivity contribution < 1.29 is 33.3 Å². The van der Waals surface area contributed by atoms with E-state index in [1.807, 2.05) is 13.8 Å². The largest absolute Gasteiger partial charge is 0.461 e. The number of allylic oxidation sites excluding steroid dienone is 1. The van der Waals surface area contributed by atoms with Crippen LogP contribution in [0.3, 0.4) is 0 Å².